The van der Waals surface area contributed by atoms with Gasteiger partial charge in [0.1, 0.15) is 11.5 Å². The minimum absolute atomic E-state index is 0.767. The highest BCUT2D eigenvalue weighted by molar-refractivity contribution is 5.72. The lowest BCUT2D eigenvalue weighted by Crippen LogP contribution is -1.99. The Bertz CT molecular complexity index is 597. The lowest BCUT2D eigenvalue weighted by atomic mass is 10.0. The van der Waals surface area contributed by atoms with Gasteiger partial charge in [-0.05, 0) is 44.0 Å². The molecule has 0 unspecified atom stereocenters. The smallest absolute Gasteiger partial charge is 0.145 e. The third-order valence-electron chi connectivity index (χ3n) is 3.35. The Balaban J connectivity index is 2.40. The Morgan fingerprint density at radius 1 is 0.850 bits per heavy atom. The molecule has 0 spiro atoms. The summed E-state index contributed by atoms with van der Waals surface area (Å²) in [6, 6.07) is 10.1. The first-order valence-electron chi connectivity index (χ1n) is 6.62. The normalized spacial score (nSPS) is 10.2. The van der Waals surface area contributed by atoms with Crippen LogP contribution in [0, 0.1) is 20.8 Å². The molecule has 0 fully saturated rings. The van der Waals surface area contributed by atoms with Gasteiger partial charge in [0, 0.05) is 11.8 Å². The average Bonchev–Trinajstić information content (AvgIpc) is 2.42. The number of aryl methyl sites for hydroxylation is 3. The second-order valence-electron chi connectivity index (χ2n) is 4.96. The maximum atomic E-state index is 5.42. The molecular formula is C17H21NO2. The van der Waals surface area contributed by atoms with Crippen molar-refractivity contribution < 1.29 is 9.47 Å². The number of methoxy groups -OCH3 is 2. The quantitative estimate of drug-likeness (QED) is 0.895. The van der Waals surface area contributed by atoms with Gasteiger partial charge < -0.3 is 14.8 Å². The zero-order valence-electron chi connectivity index (χ0n) is 12.7. The van der Waals surface area contributed by atoms with E-state index in [0.29, 0.717) is 0 Å². The molecule has 0 saturated heterocycles. The fourth-order valence-corrected chi connectivity index (χ4v) is 2.41. The van der Waals surface area contributed by atoms with Crippen LogP contribution in [0.5, 0.6) is 11.5 Å². The van der Waals surface area contributed by atoms with Crippen molar-refractivity contribution in [3.8, 4) is 11.5 Å². The molecule has 20 heavy (non-hydrogen) atoms. The third-order valence-corrected chi connectivity index (χ3v) is 3.35. The monoisotopic (exact) mass is 271 g/mol. The third kappa shape index (κ3) is 2.87. The van der Waals surface area contributed by atoms with Crippen molar-refractivity contribution in [1.29, 1.82) is 0 Å². The van der Waals surface area contributed by atoms with E-state index in [4.69, 9.17) is 9.47 Å². The van der Waals surface area contributed by atoms with Crippen LogP contribution in [0.1, 0.15) is 16.7 Å². The van der Waals surface area contributed by atoms with Crippen molar-refractivity contribution in [3.05, 3.63) is 47.0 Å². The number of hydrogen-bond acceptors (Lipinski definition) is 3. The summed E-state index contributed by atoms with van der Waals surface area (Å²) in [4.78, 5) is 0. The summed E-state index contributed by atoms with van der Waals surface area (Å²) >= 11 is 0. The molecule has 0 aliphatic heterocycles. The van der Waals surface area contributed by atoms with Crippen LogP contribution in [0.15, 0.2) is 30.3 Å². The van der Waals surface area contributed by atoms with Gasteiger partial charge in [-0.2, -0.15) is 0 Å². The molecule has 3 nitrogen and oxygen atoms in total. The van der Waals surface area contributed by atoms with Crippen molar-refractivity contribution >= 4 is 11.4 Å². The fraction of sp³-hybridized carbons (Fsp3) is 0.294. The molecule has 2 aromatic carbocycles. The van der Waals surface area contributed by atoms with E-state index in [9.17, 15) is 0 Å². The molecule has 0 saturated carbocycles. The van der Waals surface area contributed by atoms with E-state index >= 15 is 0 Å². The molecule has 0 radical (unpaired) electrons. The van der Waals surface area contributed by atoms with Crippen LogP contribution in [0.3, 0.4) is 0 Å². The summed E-state index contributed by atoms with van der Waals surface area (Å²) in [5.74, 6) is 1.55. The van der Waals surface area contributed by atoms with E-state index in [1.165, 1.54) is 16.7 Å². The van der Waals surface area contributed by atoms with Gasteiger partial charge in [0.15, 0.2) is 0 Å². The summed E-state index contributed by atoms with van der Waals surface area (Å²) in [6.07, 6.45) is 0. The van der Waals surface area contributed by atoms with Gasteiger partial charge in [0.05, 0.1) is 19.9 Å². The van der Waals surface area contributed by atoms with Crippen molar-refractivity contribution in [3.63, 3.8) is 0 Å². The number of anilines is 2. The Kier molecular flexibility index (Phi) is 4.18. The molecule has 1 N–H and O–H groups in total. The topological polar surface area (TPSA) is 30.5 Å². The summed E-state index contributed by atoms with van der Waals surface area (Å²) in [5, 5.41) is 3.46. The molecule has 0 atom stereocenters. The molecule has 0 aliphatic carbocycles. The van der Waals surface area contributed by atoms with Gasteiger partial charge in [-0.3, -0.25) is 0 Å². The lowest BCUT2D eigenvalue weighted by molar-refractivity contribution is 0.395. The lowest BCUT2D eigenvalue weighted by Gasteiger charge is -2.16. The number of nitrogens with one attached hydrogen (secondary N) is 1. The highest BCUT2D eigenvalue weighted by atomic mass is 16.5. The second kappa shape index (κ2) is 5.87. The van der Waals surface area contributed by atoms with Gasteiger partial charge in [-0.25, -0.2) is 0 Å². The maximum absolute atomic E-state index is 5.42. The zero-order chi connectivity index (χ0) is 14.7. The first-order chi connectivity index (χ1) is 9.55. The van der Waals surface area contributed by atoms with Crippen LogP contribution < -0.4 is 14.8 Å². The minimum atomic E-state index is 0.767. The molecule has 0 amide bonds. The van der Waals surface area contributed by atoms with E-state index < -0.39 is 0 Å². The first-order valence-corrected chi connectivity index (χ1v) is 6.62. The van der Waals surface area contributed by atoms with Gasteiger partial charge in [-0.15, -0.1) is 0 Å². The van der Waals surface area contributed by atoms with Gasteiger partial charge in [-0.1, -0.05) is 17.7 Å². The standard InChI is InChI=1S/C17H21NO2/c1-11-8-12(2)17(13(3)9-11)18-15-7-6-14(19-4)10-16(15)20-5/h6-10,18H,1-5H3. The molecule has 0 aliphatic rings. The van der Waals surface area contributed by atoms with Crippen LogP contribution in [-0.2, 0) is 0 Å². The zero-order valence-corrected chi connectivity index (χ0v) is 12.7. The SMILES string of the molecule is COc1ccc(Nc2c(C)cc(C)cc2C)c(OC)c1. The van der Waals surface area contributed by atoms with Gasteiger partial charge >= 0.3 is 0 Å². The van der Waals surface area contributed by atoms with Gasteiger partial charge in [0.25, 0.3) is 0 Å². The van der Waals surface area contributed by atoms with Crippen LogP contribution >= 0.6 is 0 Å². The second-order valence-corrected chi connectivity index (χ2v) is 4.96. The minimum Gasteiger partial charge on any atom is -0.497 e. The number of ether oxygens (including phenoxy) is 2. The van der Waals surface area contributed by atoms with Crippen molar-refractivity contribution in [2.45, 2.75) is 20.8 Å². The summed E-state index contributed by atoms with van der Waals surface area (Å²) in [5.41, 5.74) is 5.77. The van der Waals surface area contributed by atoms with E-state index in [1.54, 1.807) is 14.2 Å². The predicted octanol–water partition coefficient (Wildman–Crippen LogP) is 4.37. The highest BCUT2D eigenvalue weighted by Crippen LogP contribution is 2.33. The highest BCUT2D eigenvalue weighted by Gasteiger charge is 2.09. The first kappa shape index (κ1) is 14.3. The molecule has 106 valence electrons. The number of benzene rings is 2. The number of hydrogen-bond donors (Lipinski definition) is 1. The Morgan fingerprint density at radius 2 is 1.50 bits per heavy atom. The van der Waals surface area contributed by atoms with Gasteiger partial charge in [0.2, 0.25) is 0 Å². The van der Waals surface area contributed by atoms with Crippen molar-refractivity contribution in [2.24, 2.45) is 0 Å². The molecule has 2 rings (SSSR count). The largest absolute Gasteiger partial charge is 0.497 e. The van der Waals surface area contributed by atoms with Crippen molar-refractivity contribution in [2.75, 3.05) is 19.5 Å². The molecule has 3 heteroatoms. The fourth-order valence-electron chi connectivity index (χ4n) is 2.41. The molecule has 2 aromatic rings. The predicted molar refractivity (Wildman–Crippen MR) is 83.5 cm³/mol. The summed E-state index contributed by atoms with van der Waals surface area (Å²) < 4.78 is 10.6. The Hall–Kier alpha value is -2.16. The Morgan fingerprint density at radius 3 is 2.05 bits per heavy atom. The van der Waals surface area contributed by atoms with Crippen LogP contribution in [-0.4, -0.2) is 14.2 Å². The molecule has 0 aromatic heterocycles. The average molecular weight is 271 g/mol. The van der Waals surface area contributed by atoms with Crippen LogP contribution in [0.2, 0.25) is 0 Å². The van der Waals surface area contributed by atoms with E-state index in [0.717, 1.165) is 22.9 Å². The molecule has 0 bridgehead atoms. The van der Waals surface area contributed by atoms with Crippen LogP contribution in [0.4, 0.5) is 11.4 Å². The maximum Gasteiger partial charge on any atom is 0.145 e. The van der Waals surface area contributed by atoms with E-state index in [2.05, 4.69) is 38.2 Å². The molecule has 0 heterocycles. The summed E-state index contributed by atoms with van der Waals surface area (Å²) in [7, 11) is 3.31. The van der Waals surface area contributed by atoms with Crippen LogP contribution in [0.25, 0.3) is 0 Å². The van der Waals surface area contributed by atoms with E-state index in [-0.39, 0.29) is 0 Å². The molecular weight excluding hydrogens is 250 g/mol. The summed E-state index contributed by atoms with van der Waals surface area (Å²) in [6.45, 7) is 6.33. The number of rotatable bonds is 4. The Labute approximate surface area is 120 Å². The van der Waals surface area contributed by atoms with Crippen molar-refractivity contribution in [1.82, 2.24) is 0 Å². The van der Waals surface area contributed by atoms with E-state index in [1.807, 2.05) is 18.2 Å².